The van der Waals surface area contributed by atoms with Crippen molar-refractivity contribution >= 4 is 28.0 Å². The highest BCUT2D eigenvalue weighted by atomic mass is 32.1. The molecule has 0 radical (unpaired) electrons. The van der Waals surface area contributed by atoms with Crippen LogP contribution in [0.15, 0.2) is 10.6 Å². The summed E-state index contributed by atoms with van der Waals surface area (Å²) in [6.07, 6.45) is 0. The standard InChI is InChI=1S/C9H8N6O2S/c1-4-3-6(14-17-4)10-7(16)8-13-15-5(2)11-12-9(15)18-8/h3H,1-2H3,(H,10,14,16). The number of nitrogens with zero attached hydrogens (tertiary/aromatic N) is 5. The number of fused-ring (bicyclic) bond motifs is 1. The highest BCUT2D eigenvalue weighted by Gasteiger charge is 2.16. The molecule has 0 bridgehead atoms. The molecule has 3 heterocycles. The Kier molecular flexibility index (Phi) is 2.33. The van der Waals surface area contributed by atoms with Crippen molar-refractivity contribution < 1.29 is 9.32 Å². The maximum absolute atomic E-state index is 11.9. The molecule has 0 spiro atoms. The second-order valence-electron chi connectivity index (χ2n) is 3.63. The first-order chi connectivity index (χ1) is 8.63. The molecule has 3 rings (SSSR count). The molecule has 0 saturated carbocycles. The number of nitrogens with one attached hydrogen (secondary N) is 1. The van der Waals surface area contributed by atoms with Gasteiger partial charge >= 0.3 is 0 Å². The Morgan fingerprint density at radius 1 is 1.44 bits per heavy atom. The number of carbonyl (C=O) groups excluding carboxylic acids is 1. The summed E-state index contributed by atoms with van der Waals surface area (Å²) in [5, 5.41) is 18.4. The first-order valence-electron chi connectivity index (χ1n) is 5.07. The van der Waals surface area contributed by atoms with Gasteiger partial charge in [-0.05, 0) is 13.8 Å². The van der Waals surface area contributed by atoms with E-state index in [1.807, 2.05) is 0 Å². The minimum atomic E-state index is -0.349. The highest BCUT2D eigenvalue weighted by molar-refractivity contribution is 7.18. The predicted octanol–water partition coefficient (Wildman–Crippen LogP) is 1.04. The maximum atomic E-state index is 11.9. The van der Waals surface area contributed by atoms with Crippen LogP contribution in [0.5, 0.6) is 0 Å². The van der Waals surface area contributed by atoms with E-state index >= 15 is 0 Å². The zero-order valence-corrected chi connectivity index (χ0v) is 10.4. The third kappa shape index (κ3) is 1.74. The fourth-order valence-electron chi connectivity index (χ4n) is 1.40. The van der Waals surface area contributed by atoms with E-state index in [2.05, 4.69) is 25.8 Å². The van der Waals surface area contributed by atoms with Crippen LogP contribution in [0.1, 0.15) is 21.4 Å². The van der Waals surface area contributed by atoms with Crippen LogP contribution >= 0.6 is 11.3 Å². The lowest BCUT2D eigenvalue weighted by atomic mass is 10.5. The van der Waals surface area contributed by atoms with Gasteiger partial charge in [0.25, 0.3) is 5.91 Å². The van der Waals surface area contributed by atoms with Gasteiger partial charge in [0, 0.05) is 6.07 Å². The summed E-state index contributed by atoms with van der Waals surface area (Å²) < 4.78 is 6.38. The van der Waals surface area contributed by atoms with E-state index < -0.39 is 0 Å². The van der Waals surface area contributed by atoms with Gasteiger partial charge in [-0.2, -0.15) is 4.52 Å². The molecule has 8 nitrogen and oxygen atoms in total. The summed E-state index contributed by atoms with van der Waals surface area (Å²) in [7, 11) is 0. The Labute approximate surface area is 105 Å². The number of anilines is 1. The molecule has 0 aliphatic carbocycles. The Bertz CT molecular complexity index is 726. The number of rotatable bonds is 2. The van der Waals surface area contributed by atoms with Gasteiger partial charge in [0.1, 0.15) is 5.76 Å². The van der Waals surface area contributed by atoms with Crippen LogP contribution in [0.4, 0.5) is 5.82 Å². The molecular formula is C9H8N6O2S. The molecule has 3 aromatic rings. The normalized spacial score (nSPS) is 11.0. The lowest BCUT2D eigenvalue weighted by Gasteiger charge is -1.94. The number of hydrogen-bond donors (Lipinski definition) is 1. The van der Waals surface area contributed by atoms with Gasteiger partial charge in [-0.25, -0.2) is 0 Å². The fraction of sp³-hybridized carbons (Fsp3) is 0.222. The fourth-order valence-corrected chi connectivity index (χ4v) is 2.18. The van der Waals surface area contributed by atoms with Crippen LogP contribution in [-0.2, 0) is 0 Å². The minimum absolute atomic E-state index is 0.295. The van der Waals surface area contributed by atoms with Gasteiger partial charge in [0.05, 0.1) is 0 Å². The monoisotopic (exact) mass is 264 g/mol. The van der Waals surface area contributed by atoms with Crippen molar-refractivity contribution in [3.63, 3.8) is 0 Å². The zero-order chi connectivity index (χ0) is 12.7. The SMILES string of the molecule is Cc1cc(NC(=O)c2nn3c(C)nnc3s2)no1. The van der Waals surface area contributed by atoms with Crippen molar-refractivity contribution in [3.05, 3.63) is 22.7 Å². The minimum Gasteiger partial charge on any atom is -0.360 e. The first-order valence-corrected chi connectivity index (χ1v) is 5.88. The lowest BCUT2D eigenvalue weighted by Crippen LogP contribution is -2.12. The average Bonchev–Trinajstić information content (AvgIpc) is 2.98. The molecule has 1 amide bonds. The Morgan fingerprint density at radius 2 is 2.28 bits per heavy atom. The molecule has 0 fully saturated rings. The lowest BCUT2D eigenvalue weighted by molar-refractivity contribution is 0.102. The zero-order valence-electron chi connectivity index (χ0n) is 9.54. The number of aryl methyl sites for hydroxylation is 2. The Hall–Kier alpha value is -2.29. The number of aromatic nitrogens is 5. The van der Waals surface area contributed by atoms with Gasteiger partial charge in [-0.15, -0.1) is 15.3 Å². The summed E-state index contributed by atoms with van der Waals surface area (Å²) in [6, 6.07) is 1.63. The molecule has 18 heavy (non-hydrogen) atoms. The maximum Gasteiger partial charge on any atom is 0.287 e. The summed E-state index contributed by atoms with van der Waals surface area (Å²) >= 11 is 1.16. The van der Waals surface area contributed by atoms with Crippen LogP contribution in [0.25, 0.3) is 4.96 Å². The summed E-state index contributed by atoms with van der Waals surface area (Å²) in [6.45, 7) is 3.51. The molecule has 0 aromatic carbocycles. The molecule has 0 atom stereocenters. The van der Waals surface area contributed by atoms with E-state index in [1.54, 1.807) is 19.9 Å². The molecule has 0 saturated heterocycles. The molecule has 0 aliphatic rings. The van der Waals surface area contributed by atoms with Crippen LogP contribution < -0.4 is 5.32 Å². The van der Waals surface area contributed by atoms with E-state index in [0.717, 1.165) is 11.3 Å². The Morgan fingerprint density at radius 3 is 2.94 bits per heavy atom. The van der Waals surface area contributed by atoms with Gasteiger partial charge in [-0.3, -0.25) is 4.79 Å². The van der Waals surface area contributed by atoms with E-state index in [1.165, 1.54) is 4.52 Å². The first kappa shape index (κ1) is 10.8. The van der Waals surface area contributed by atoms with Crippen LogP contribution in [-0.4, -0.2) is 30.9 Å². The van der Waals surface area contributed by atoms with Crippen LogP contribution in [0.2, 0.25) is 0 Å². The van der Waals surface area contributed by atoms with Crippen molar-refractivity contribution in [1.29, 1.82) is 0 Å². The smallest absolute Gasteiger partial charge is 0.287 e. The van der Waals surface area contributed by atoms with E-state index in [4.69, 9.17) is 4.52 Å². The molecule has 92 valence electrons. The molecule has 0 unspecified atom stereocenters. The highest BCUT2D eigenvalue weighted by Crippen LogP contribution is 2.15. The molecule has 9 heteroatoms. The number of hydrogen-bond acceptors (Lipinski definition) is 7. The molecule has 3 aromatic heterocycles. The van der Waals surface area contributed by atoms with E-state index in [9.17, 15) is 4.79 Å². The van der Waals surface area contributed by atoms with Crippen molar-refractivity contribution in [3.8, 4) is 0 Å². The quantitative estimate of drug-likeness (QED) is 0.742. The summed E-state index contributed by atoms with van der Waals surface area (Å²) in [5.41, 5.74) is 0. The third-order valence-electron chi connectivity index (χ3n) is 2.21. The van der Waals surface area contributed by atoms with Gasteiger partial charge < -0.3 is 9.84 Å². The number of carbonyl (C=O) groups is 1. The Balaban J connectivity index is 1.87. The average molecular weight is 264 g/mol. The second kappa shape index (κ2) is 3.88. The van der Waals surface area contributed by atoms with Crippen LogP contribution in [0, 0.1) is 13.8 Å². The molecular weight excluding hydrogens is 256 g/mol. The van der Waals surface area contributed by atoms with Crippen molar-refractivity contribution in [2.45, 2.75) is 13.8 Å². The van der Waals surface area contributed by atoms with Gasteiger partial charge in [-0.1, -0.05) is 16.5 Å². The van der Waals surface area contributed by atoms with Gasteiger partial charge in [0.2, 0.25) is 9.97 Å². The van der Waals surface area contributed by atoms with Crippen molar-refractivity contribution in [2.24, 2.45) is 0 Å². The van der Waals surface area contributed by atoms with Crippen molar-refractivity contribution in [2.75, 3.05) is 5.32 Å². The van der Waals surface area contributed by atoms with Crippen LogP contribution in [0.3, 0.4) is 0 Å². The largest absolute Gasteiger partial charge is 0.360 e. The molecule has 1 N–H and O–H groups in total. The van der Waals surface area contributed by atoms with Crippen molar-refractivity contribution in [1.82, 2.24) is 25.0 Å². The predicted molar refractivity (Wildman–Crippen MR) is 62.6 cm³/mol. The topological polar surface area (TPSA) is 98.2 Å². The second-order valence-corrected chi connectivity index (χ2v) is 4.58. The molecule has 0 aliphatic heterocycles. The summed E-state index contributed by atoms with van der Waals surface area (Å²) in [5.74, 6) is 1.27. The number of amides is 1. The summed E-state index contributed by atoms with van der Waals surface area (Å²) in [4.78, 5) is 12.5. The van der Waals surface area contributed by atoms with E-state index in [0.29, 0.717) is 27.4 Å². The van der Waals surface area contributed by atoms with Gasteiger partial charge in [0.15, 0.2) is 11.6 Å². The third-order valence-corrected chi connectivity index (χ3v) is 3.11. The van der Waals surface area contributed by atoms with E-state index in [-0.39, 0.29) is 5.91 Å².